The highest BCUT2D eigenvalue weighted by molar-refractivity contribution is 6.35. The minimum atomic E-state index is -0.322. The van der Waals surface area contributed by atoms with Crippen LogP contribution in [0.3, 0.4) is 0 Å². The number of carbonyl (C=O) groups is 1. The molecule has 0 bridgehead atoms. The zero-order chi connectivity index (χ0) is 20.1. The van der Waals surface area contributed by atoms with Gasteiger partial charge in [0.15, 0.2) is 6.61 Å². The molecule has 3 aromatic rings. The maximum atomic E-state index is 12.1. The molecule has 6 nitrogen and oxygen atoms in total. The number of benzene rings is 2. The number of aromatic nitrogens is 2. The number of carbonyl (C=O) groups excluding carboxylic acids is 1. The second-order valence-corrected chi connectivity index (χ2v) is 6.81. The van der Waals surface area contributed by atoms with Crippen LogP contribution in [0, 0.1) is 13.8 Å². The molecule has 1 aromatic heterocycles. The fourth-order valence-corrected chi connectivity index (χ4v) is 2.85. The summed E-state index contributed by atoms with van der Waals surface area (Å²) in [5.41, 5.74) is 2.25. The first-order chi connectivity index (χ1) is 13.4. The average molecular weight is 418 g/mol. The smallest absolute Gasteiger partial charge is 0.322 e. The number of amides is 1. The predicted molar refractivity (Wildman–Crippen MR) is 109 cm³/mol. The number of nitrogens with zero attached hydrogens (tertiary/aromatic N) is 2. The van der Waals surface area contributed by atoms with Crippen molar-refractivity contribution in [3.8, 4) is 17.5 Å². The molecular weight excluding hydrogens is 401 g/mol. The molecule has 3 rings (SSSR count). The van der Waals surface area contributed by atoms with Crippen molar-refractivity contribution in [2.75, 3.05) is 11.9 Å². The van der Waals surface area contributed by atoms with Crippen LogP contribution < -0.4 is 14.8 Å². The van der Waals surface area contributed by atoms with Crippen molar-refractivity contribution in [3.05, 3.63) is 70.0 Å². The highest BCUT2D eigenvalue weighted by Crippen LogP contribution is 2.27. The summed E-state index contributed by atoms with van der Waals surface area (Å²) in [6.07, 6.45) is 0. The Kier molecular flexibility index (Phi) is 6.34. The van der Waals surface area contributed by atoms with E-state index < -0.39 is 0 Å². The predicted octanol–water partition coefficient (Wildman–Crippen LogP) is 5.21. The van der Waals surface area contributed by atoms with Gasteiger partial charge in [0.25, 0.3) is 5.91 Å². The Balaban J connectivity index is 1.55. The van der Waals surface area contributed by atoms with E-state index in [1.807, 2.05) is 19.9 Å². The number of hydrogen-bond acceptors (Lipinski definition) is 5. The van der Waals surface area contributed by atoms with E-state index in [1.165, 1.54) is 0 Å². The van der Waals surface area contributed by atoms with Gasteiger partial charge < -0.3 is 14.8 Å². The van der Waals surface area contributed by atoms with Crippen molar-refractivity contribution in [2.45, 2.75) is 13.8 Å². The van der Waals surface area contributed by atoms with E-state index >= 15 is 0 Å². The first-order valence-corrected chi connectivity index (χ1v) is 9.12. The minimum Gasteiger partial charge on any atom is -0.482 e. The van der Waals surface area contributed by atoms with E-state index in [2.05, 4.69) is 15.3 Å². The second-order valence-electron chi connectivity index (χ2n) is 5.97. The monoisotopic (exact) mass is 417 g/mol. The van der Waals surface area contributed by atoms with Gasteiger partial charge in [0, 0.05) is 22.1 Å². The fourth-order valence-electron chi connectivity index (χ4n) is 2.38. The minimum absolute atomic E-state index is 0.185. The van der Waals surface area contributed by atoms with Crippen molar-refractivity contribution >= 4 is 34.8 Å². The summed E-state index contributed by atoms with van der Waals surface area (Å²) >= 11 is 11.8. The largest absolute Gasteiger partial charge is 0.482 e. The van der Waals surface area contributed by atoms with Crippen LogP contribution in [-0.4, -0.2) is 22.5 Å². The van der Waals surface area contributed by atoms with Crippen LogP contribution in [0.25, 0.3) is 0 Å². The van der Waals surface area contributed by atoms with E-state index in [0.29, 0.717) is 27.2 Å². The Bertz CT molecular complexity index is 974. The Morgan fingerprint density at radius 1 is 1.00 bits per heavy atom. The van der Waals surface area contributed by atoms with Crippen molar-refractivity contribution in [2.24, 2.45) is 0 Å². The molecule has 1 N–H and O–H groups in total. The third-order valence-corrected chi connectivity index (χ3v) is 4.09. The lowest BCUT2D eigenvalue weighted by atomic mass is 10.3. The molecular formula is C20H17Cl2N3O3. The average Bonchev–Trinajstić information content (AvgIpc) is 2.62. The summed E-state index contributed by atoms with van der Waals surface area (Å²) in [4.78, 5) is 20.5. The number of rotatable bonds is 6. The van der Waals surface area contributed by atoms with E-state index in [0.717, 1.165) is 11.4 Å². The number of hydrogen-bond donors (Lipinski definition) is 1. The molecule has 0 saturated carbocycles. The Labute approximate surface area is 172 Å². The molecule has 0 unspecified atom stereocenters. The van der Waals surface area contributed by atoms with Gasteiger partial charge in [0.2, 0.25) is 0 Å². The summed E-state index contributed by atoms with van der Waals surface area (Å²) in [5, 5.41) is 3.57. The maximum absolute atomic E-state index is 12.1. The summed E-state index contributed by atoms with van der Waals surface area (Å²) in [7, 11) is 0. The molecule has 1 amide bonds. The number of nitrogens with one attached hydrogen (secondary N) is 1. The van der Waals surface area contributed by atoms with Gasteiger partial charge in [-0.15, -0.1) is 0 Å². The van der Waals surface area contributed by atoms with Gasteiger partial charge in [-0.2, -0.15) is 0 Å². The van der Waals surface area contributed by atoms with Gasteiger partial charge in [0.05, 0.1) is 5.02 Å². The quantitative estimate of drug-likeness (QED) is 0.595. The number of aryl methyl sites for hydroxylation is 2. The van der Waals surface area contributed by atoms with Crippen molar-refractivity contribution < 1.29 is 14.3 Å². The van der Waals surface area contributed by atoms with Crippen LogP contribution in [0.2, 0.25) is 10.0 Å². The van der Waals surface area contributed by atoms with E-state index in [9.17, 15) is 4.79 Å². The summed E-state index contributed by atoms with van der Waals surface area (Å²) < 4.78 is 11.1. The molecule has 0 aliphatic carbocycles. The molecule has 0 radical (unpaired) electrons. The van der Waals surface area contributed by atoms with E-state index in [-0.39, 0.29) is 18.5 Å². The Morgan fingerprint density at radius 3 is 2.32 bits per heavy atom. The van der Waals surface area contributed by atoms with Crippen molar-refractivity contribution in [1.29, 1.82) is 0 Å². The fraction of sp³-hybridized carbons (Fsp3) is 0.150. The maximum Gasteiger partial charge on any atom is 0.322 e. The molecule has 0 aliphatic rings. The normalized spacial score (nSPS) is 10.4. The molecule has 0 aliphatic heterocycles. The third-order valence-electron chi connectivity index (χ3n) is 3.56. The highest BCUT2D eigenvalue weighted by atomic mass is 35.5. The first-order valence-electron chi connectivity index (χ1n) is 8.37. The Morgan fingerprint density at radius 2 is 1.68 bits per heavy atom. The SMILES string of the molecule is Cc1cc(C)nc(Oc2ccc(NC(=O)COc3ccc(Cl)cc3Cl)cc2)n1. The van der Waals surface area contributed by atoms with Gasteiger partial charge in [-0.05, 0) is 62.4 Å². The molecule has 0 saturated heterocycles. The number of halogens is 2. The van der Waals surface area contributed by atoms with Crippen LogP contribution in [0.15, 0.2) is 48.5 Å². The zero-order valence-corrected chi connectivity index (χ0v) is 16.7. The molecule has 8 heteroatoms. The van der Waals surface area contributed by atoms with Gasteiger partial charge in [-0.25, -0.2) is 9.97 Å². The lowest BCUT2D eigenvalue weighted by Crippen LogP contribution is -2.20. The molecule has 0 spiro atoms. The molecule has 144 valence electrons. The lowest BCUT2D eigenvalue weighted by molar-refractivity contribution is -0.118. The lowest BCUT2D eigenvalue weighted by Gasteiger charge is -2.10. The van der Waals surface area contributed by atoms with E-state index in [1.54, 1.807) is 42.5 Å². The van der Waals surface area contributed by atoms with Crippen LogP contribution in [-0.2, 0) is 4.79 Å². The van der Waals surface area contributed by atoms with Crippen LogP contribution in [0.5, 0.6) is 17.5 Å². The third kappa shape index (κ3) is 5.58. The number of ether oxygens (including phenoxy) is 2. The molecule has 1 heterocycles. The Hall–Kier alpha value is -2.83. The molecule has 0 atom stereocenters. The zero-order valence-electron chi connectivity index (χ0n) is 15.2. The topological polar surface area (TPSA) is 73.3 Å². The van der Waals surface area contributed by atoms with E-state index in [4.69, 9.17) is 32.7 Å². The van der Waals surface area contributed by atoms with Crippen molar-refractivity contribution in [1.82, 2.24) is 9.97 Å². The van der Waals surface area contributed by atoms with Gasteiger partial charge in [-0.3, -0.25) is 4.79 Å². The molecule has 0 fully saturated rings. The summed E-state index contributed by atoms with van der Waals surface area (Å²) in [6.45, 7) is 3.56. The van der Waals surface area contributed by atoms with Gasteiger partial charge >= 0.3 is 6.01 Å². The summed E-state index contributed by atoms with van der Waals surface area (Å²) in [5.74, 6) is 0.628. The molecule has 2 aromatic carbocycles. The second kappa shape index (κ2) is 8.91. The van der Waals surface area contributed by atoms with Gasteiger partial charge in [-0.1, -0.05) is 23.2 Å². The van der Waals surface area contributed by atoms with Crippen LogP contribution >= 0.6 is 23.2 Å². The highest BCUT2D eigenvalue weighted by Gasteiger charge is 2.08. The van der Waals surface area contributed by atoms with Crippen molar-refractivity contribution in [3.63, 3.8) is 0 Å². The van der Waals surface area contributed by atoms with Crippen LogP contribution in [0.4, 0.5) is 5.69 Å². The first kappa shape index (κ1) is 19.9. The number of anilines is 1. The van der Waals surface area contributed by atoms with Gasteiger partial charge in [0.1, 0.15) is 11.5 Å². The van der Waals surface area contributed by atoms with Crippen LogP contribution in [0.1, 0.15) is 11.4 Å². The molecule has 28 heavy (non-hydrogen) atoms. The standard InChI is InChI=1S/C20H17Cl2N3O3/c1-12-9-13(2)24-20(23-12)28-16-6-4-15(5-7-16)25-19(26)11-27-18-8-3-14(21)10-17(18)22/h3-10H,11H2,1-2H3,(H,25,26). The summed E-state index contributed by atoms with van der Waals surface area (Å²) in [6, 6.07) is 13.8.